The number of esters is 1. The summed E-state index contributed by atoms with van der Waals surface area (Å²) in [6, 6.07) is 12.9. The standard InChI is InChI=1S/C20H17ClN4O5/c1-13-15(6-4-8-17(13)25(28)29)20(27)30-12-19(26)23-18-9-10-22-24(18)11-14-5-2-3-7-16(14)21/h2-10H,11-12H2,1H3,(H,23,26). The topological polar surface area (TPSA) is 116 Å². The number of ether oxygens (including phenoxy) is 1. The van der Waals surface area contributed by atoms with E-state index in [1.807, 2.05) is 18.2 Å². The summed E-state index contributed by atoms with van der Waals surface area (Å²) in [4.78, 5) is 34.9. The Morgan fingerprint density at radius 3 is 2.70 bits per heavy atom. The summed E-state index contributed by atoms with van der Waals surface area (Å²) < 4.78 is 6.55. The molecule has 0 fully saturated rings. The fraction of sp³-hybridized carbons (Fsp3) is 0.150. The lowest BCUT2D eigenvalue weighted by Crippen LogP contribution is -2.23. The second-order valence-electron chi connectivity index (χ2n) is 6.30. The highest BCUT2D eigenvalue weighted by Crippen LogP contribution is 2.22. The molecule has 0 aliphatic rings. The zero-order valence-corrected chi connectivity index (χ0v) is 16.6. The first-order valence-electron chi connectivity index (χ1n) is 8.83. The lowest BCUT2D eigenvalue weighted by Gasteiger charge is -2.11. The van der Waals surface area contributed by atoms with Gasteiger partial charge in [0.2, 0.25) is 0 Å². The number of halogens is 1. The Hall–Kier alpha value is -3.72. The van der Waals surface area contributed by atoms with E-state index in [0.29, 0.717) is 17.4 Å². The average Bonchev–Trinajstić information content (AvgIpc) is 3.14. The monoisotopic (exact) mass is 428 g/mol. The summed E-state index contributed by atoms with van der Waals surface area (Å²) in [5, 5.41) is 18.3. The quantitative estimate of drug-likeness (QED) is 0.349. The van der Waals surface area contributed by atoms with Crippen molar-refractivity contribution in [2.45, 2.75) is 13.5 Å². The van der Waals surface area contributed by atoms with Crippen molar-refractivity contribution in [1.82, 2.24) is 9.78 Å². The predicted octanol–water partition coefficient (Wildman–Crippen LogP) is 3.60. The molecule has 0 bridgehead atoms. The average molecular weight is 429 g/mol. The van der Waals surface area contributed by atoms with Crippen molar-refractivity contribution < 1.29 is 19.2 Å². The third-order valence-electron chi connectivity index (χ3n) is 4.32. The Balaban J connectivity index is 1.62. The maximum absolute atomic E-state index is 12.2. The van der Waals surface area contributed by atoms with Crippen molar-refractivity contribution in [3.8, 4) is 0 Å². The van der Waals surface area contributed by atoms with Gasteiger partial charge in [0.15, 0.2) is 6.61 Å². The molecule has 154 valence electrons. The highest BCUT2D eigenvalue weighted by molar-refractivity contribution is 6.31. The molecule has 30 heavy (non-hydrogen) atoms. The number of nitro groups is 1. The number of nitrogens with one attached hydrogen (secondary N) is 1. The normalized spacial score (nSPS) is 10.5. The van der Waals surface area contributed by atoms with Crippen LogP contribution < -0.4 is 5.32 Å². The van der Waals surface area contributed by atoms with Crippen molar-refractivity contribution in [3.05, 3.63) is 86.6 Å². The van der Waals surface area contributed by atoms with Crippen LogP contribution in [0.1, 0.15) is 21.5 Å². The van der Waals surface area contributed by atoms with E-state index in [4.69, 9.17) is 16.3 Å². The predicted molar refractivity (Wildman–Crippen MR) is 110 cm³/mol. The van der Waals surface area contributed by atoms with Crippen molar-refractivity contribution in [2.75, 3.05) is 11.9 Å². The van der Waals surface area contributed by atoms with Crippen LogP contribution in [0.3, 0.4) is 0 Å². The van der Waals surface area contributed by atoms with Crippen LogP contribution in [-0.4, -0.2) is 33.2 Å². The fourth-order valence-electron chi connectivity index (χ4n) is 2.78. The minimum Gasteiger partial charge on any atom is -0.452 e. The molecule has 10 heteroatoms. The number of benzene rings is 2. The van der Waals surface area contributed by atoms with E-state index in [1.165, 1.54) is 31.3 Å². The molecular weight excluding hydrogens is 412 g/mol. The van der Waals surface area contributed by atoms with Crippen LogP contribution >= 0.6 is 11.6 Å². The van der Waals surface area contributed by atoms with Gasteiger partial charge >= 0.3 is 5.97 Å². The van der Waals surface area contributed by atoms with E-state index < -0.39 is 23.4 Å². The molecule has 1 N–H and O–H groups in total. The van der Waals surface area contributed by atoms with Gasteiger partial charge in [-0.15, -0.1) is 0 Å². The number of carbonyl (C=O) groups is 2. The molecular formula is C20H17ClN4O5. The molecule has 0 atom stereocenters. The van der Waals surface area contributed by atoms with E-state index in [-0.39, 0.29) is 16.8 Å². The second kappa shape index (κ2) is 9.19. The Labute approximate surface area is 176 Å². The van der Waals surface area contributed by atoms with E-state index >= 15 is 0 Å². The Morgan fingerprint density at radius 1 is 1.20 bits per heavy atom. The summed E-state index contributed by atoms with van der Waals surface area (Å²) in [6.45, 7) is 1.23. The summed E-state index contributed by atoms with van der Waals surface area (Å²) in [5.74, 6) is -0.995. The number of amides is 1. The van der Waals surface area contributed by atoms with Gasteiger partial charge in [0.25, 0.3) is 11.6 Å². The lowest BCUT2D eigenvalue weighted by molar-refractivity contribution is -0.385. The van der Waals surface area contributed by atoms with Gasteiger partial charge in [-0.05, 0) is 24.6 Å². The molecule has 0 radical (unpaired) electrons. The van der Waals surface area contributed by atoms with Gasteiger partial charge in [0, 0.05) is 22.7 Å². The first-order chi connectivity index (χ1) is 14.4. The smallest absolute Gasteiger partial charge is 0.339 e. The maximum atomic E-state index is 12.2. The molecule has 0 saturated heterocycles. The Bertz CT molecular complexity index is 1110. The zero-order valence-electron chi connectivity index (χ0n) is 15.9. The number of hydrogen-bond donors (Lipinski definition) is 1. The minimum absolute atomic E-state index is 0.0285. The molecule has 0 saturated carbocycles. The van der Waals surface area contributed by atoms with Crippen LogP contribution in [0.15, 0.2) is 54.7 Å². The van der Waals surface area contributed by atoms with Crippen molar-refractivity contribution >= 4 is 35.0 Å². The molecule has 0 spiro atoms. The van der Waals surface area contributed by atoms with Crippen molar-refractivity contribution in [2.24, 2.45) is 0 Å². The maximum Gasteiger partial charge on any atom is 0.339 e. The second-order valence-corrected chi connectivity index (χ2v) is 6.70. The lowest BCUT2D eigenvalue weighted by atomic mass is 10.1. The molecule has 2 aromatic carbocycles. The third-order valence-corrected chi connectivity index (χ3v) is 4.69. The number of anilines is 1. The number of nitrogens with zero attached hydrogens (tertiary/aromatic N) is 3. The summed E-state index contributed by atoms with van der Waals surface area (Å²) in [7, 11) is 0. The van der Waals surface area contributed by atoms with E-state index in [1.54, 1.807) is 16.8 Å². The van der Waals surface area contributed by atoms with Crippen molar-refractivity contribution in [1.29, 1.82) is 0 Å². The van der Waals surface area contributed by atoms with Crippen LogP contribution in [0.5, 0.6) is 0 Å². The molecule has 0 aliphatic heterocycles. The summed E-state index contributed by atoms with van der Waals surface area (Å²) in [6.07, 6.45) is 1.52. The molecule has 1 amide bonds. The number of carbonyl (C=O) groups excluding carboxylic acids is 2. The van der Waals surface area contributed by atoms with Gasteiger partial charge in [-0.1, -0.05) is 35.9 Å². The van der Waals surface area contributed by atoms with Crippen LogP contribution in [0.25, 0.3) is 0 Å². The molecule has 0 aliphatic carbocycles. The highest BCUT2D eigenvalue weighted by Gasteiger charge is 2.20. The molecule has 3 aromatic rings. The first-order valence-corrected chi connectivity index (χ1v) is 9.21. The highest BCUT2D eigenvalue weighted by atomic mass is 35.5. The number of nitro benzene ring substituents is 1. The molecule has 9 nitrogen and oxygen atoms in total. The number of hydrogen-bond acceptors (Lipinski definition) is 6. The van der Waals surface area contributed by atoms with Gasteiger partial charge in [-0.3, -0.25) is 14.9 Å². The largest absolute Gasteiger partial charge is 0.452 e. The molecule has 1 aromatic heterocycles. The molecule has 0 unspecified atom stereocenters. The zero-order chi connectivity index (χ0) is 21.7. The third kappa shape index (κ3) is 4.81. The Morgan fingerprint density at radius 2 is 1.97 bits per heavy atom. The van der Waals surface area contributed by atoms with Crippen LogP contribution in [0, 0.1) is 17.0 Å². The summed E-state index contributed by atoms with van der Waals surface area (Å²) in [5.41, 5.74) is 0.829. The van der Waals surface area contributed by atoms with Crippen LogP contribution in [0.2, 0.25) is 5.02 Å². The first kappa shape index (κ1) is 21.0. The van der Waals surface area contributed by atoms with E-state index in [2.05, 4.69) is 10.4 Å². The minimum atomic E-state index is -0.823. The van der Waals surface area contributed by atoms with Crippen LogP contribution in [0.4, 0.5) is 11.5 Å². The van der Waals surface area contributed by atoms with Gasteiger partial charge < -0.3 is 10.1 Å². The van der Waals surface area contributed by atoms with Gasteiger partial charge in [-0.25, -0.2) is 9.48 Å². The molecule has 1 heterocycles. The van der Waals surface area contributed by atoms with Gasteiger partial charge in [-0.2, -0.15) is 5.10 Å². The SMILES string of the molecule is Cc1c(C(=O)OCC(=O)Nc2ccnn2Cc2ccccc2Cl)cccc1[N+](=O)[O-]. The number of rotatable bonds is 7. The van der Waals surface area contributed by atoms with Gasteiger partial charge in [0.1, 0.15) is 5.82 Å². The molecule has 3 rings (SSSR count). The summed E-state index contributed by atoms with van der Waals surface area (Å²) >= 11 is 6.16. The van der Waals surface area contributed by atoms with Crippen molar-refractivity contribution in [3.63, 3.8) is 0 Å². The van der Waals surface area contributed by atoms with Crippen LogP contribution in [-0.2, 0) is 16.1 Å². The number of aromatic nitrogens is 2. The van der Waals surface area contributed by atoms with Gasteiger partial charge in [0.05, 0.1) is 23.2 Å². The van der Waals surface area contributed by atoms with E-state index in [0.717, 1.165) is 5.56 Å². The van der Waals surface area contributed by atoms with E-state index in [9.17, 15) is 19.7 Å². The Kier molecular flexibility index (Phi) is 6.43. The fourth-order valence-corrected chi connectivity index (χ4v) is 2.98.